The minimum Gasteiger partial charge on any atom is -0.326 e. The molecule has 0 unspecified atom stereocenters. The summed E-state index contributed by atoms with van der Waals surface area (Å²) in [7, 11) is 0. The molecule has 8 nitrogen and oxygen atoms in total. The zero-order valence-electron chi connectivity index (χ0n) is 17.9. The van der Waals surface area contributed by atoms with Crippen molar-refractivity contribution in [3.63, 3.8) is 0 Å². The van der Waals surface area contributed by atoms with E-state index in [0.717, 1.165) is 64.2 Å². The molecule has 2 aromatic heterocycles. The molecule has 0 bridgehead atoms. The summed E-state index contributed by atoms with van der Waals surface area (Å²) >= 11 is 0. The normalized spacial score (nSPS) is 15.0. The highest BCUT2D eigenvalue weighted by Gasteiger charge is 2.12. The van der Waals surface area contributed by atoms with Gasteiger partial charge < -0.3 is 20.1 Å². The van der Waals surface area contributed by atoms with Crippen molar-refractivity contribution in [3.8, 4) is 0 Å². The van der Waals surface area contributed by atoms with E-state index < -0.39 is 0 Å². The van der Waals surface area contributed by atoms with Crippen LogP contribution in [0.1, 0.15) is 30.9 Å². The minimum atomic E-state index is -0.162. The number of nitrogens with one attached hydrogen (secondary N) is 3. The number of aromatic amines is 1. The number of imidazole rings is 1. The van der Waals surface area contributed by atoms with E-state index >= 15 is 0 Å². The van der Waals surface area contributed by atoms with Gasteiger partial charge in [-0.1, -0.05) is 13.0 Å². The Morgan fingerprint density at radius 3 is 2.77 bits per heavy atom. The molecule has 1 aromatic carbocycles. The van der Waals surface area contributed by atoms with Crippen molar-refractivity contribution in [2.24, 2.45) is 0 Å². The largest absolute Gasteiger partial charge is 0.326 e. The van der Waals surface area contributed by atoms with Gasteiger partial charge in [-0.3, -0.25) is 9.78 Å². The smallest absolute Gasteiger partial charge is 0.278 e. The number of unbranched alkanes of at least 4 members (excludes halogenated alkanes) is 1. The molecule has 0 spiro atoms. The summed E-state index contributed by atoms with van der Waals surface area (Å²) in [5.41, 5.74) is 4.30. The molecule has 3 heterocycles. The van der Waals surface area contributed by atoms with E-state index in [4.69, 9.17) is 0 Å². The van der Waals surface area contributed by atoms with Gasteiger partial charge in [-0.15, -0.1) is 0 Å². The van der Waals surface area contributed by atoms with E-state index in [-0.39, 0.29) is 5.56 Å². The fourth-order valence-electron chi connectivity index (χ4n) is 4.03. The molecule has 1 aliphatic heterocycles. The van der Waals surface area contributed by atoms with E-state index in [1.54, 1.807) is 6.33 Å². The zero-order valence-corrected chi connectivity index (χ0v) is 17.9. The first-order valence-corrected chi connectivity index (χ1v) is 10.9. The van der Waals surface area contributed by atoms with E-state index in [0.29, 0.717) is 17.1 Å². The second-order valence-electron chi connectivity index (χ2n) is 7.94. The Morgan fingerprint density at radius 2 is 1.97 bits per heavy atom. The van der Waals surface area contributed by atoms with Gasteiger partial charge in [-0.25, -0.2) is 4.98 Å². The van der Waals surface area contributed by atoms with Crippen LogP contribution in [0, 0.1) is 6.92 Å². The van der Waals surface area contributed by atoms with Gasteiger partial charge in [0.25, 0.3) is 5.56 Å². The number of benzene rings is 1. The monoisotopic (exact) mass is 409 g/mol. The van der Waals surface area contributed by atoms with Gasteiger partial charge in [0.05, 0.1) is 6.33 Å². The van der Waals surface area contributed by atoms with E-state index in [2.05, 4.69) is 56.5 Å². The lowest BCUT2D eigenvalue weighted by molar-refractivity contribution is 0.235. The van der Waals surface area contributed by atoms with Crippen LogP contribution >= 0.6 is 0 Å². The van der Waals surface area contributed by atoms with Crippen molar-refractivity contribution in [1.82, 2.24) is 29.7 Å². The highest BCUT2D eigenvalue weighted by molar-refractivity contribution is 5.71. The summed E-state index contributed by atoms with van der Waals surface area (Å²) in [6.45, 7) is 10.5. The number of nitrogens with zero attached hydrogens (tertiary/aromatic N) is 4. The molecule has 1 aliphatic rings. The highest BCUT2D eigenvalue weighted by atomic mass is 16.1. The van der Waals surface area contributed by atoms with E-state index in [9.17, 15) is 4.79 Å². The fraction of sp³-hybridized carbons (Fsp3) is 0.500. The molecule has 1 fully saturated rings. The third-order valence-corrected chi connectivity index (χ3v) is 5.81. The number of H-pyrrole nitrogens is 1. The van der Waals surface area contributed by atoms with Crippen LogP contribution in [-0.4, -0.2) is 57.1 Å². The molecule has 0 aliphatic carbocycles. The average molecular weight is 410 g/mol. The van der Waals surface area contributed by atoms with Gasteiger partial charge in [-0.05, 0) is 56.0 Å². The quantitative estimate of drug-likeness (QED) is 0.495. The van der Waals surface area contributed by atoms with Crippen molar-refractivity contribution in [2.45, 2.75) is 39.7 Å². The van der Waals surface area contributed by atoms with Gasteiger partial charge in [0.2, 0.25) is 5.95 Å². The molecule has 1 saturated heterocycles. The Balaban J connectivity index is 1.42. The lowest BCUT2D eigenvalue weighted by Crippen LogP contribution is -2.43. The summed E-state index contributed by atoms with van der Waals surface area (Å²) in [5, 5.41) is 6.59. The lowest BCUT2D eigenvalue weighted by atomic mass is 10.1. The number of piperazine rings is 1. The van der Waals surface area contributed by atoms with Crippen LogP contribution in [0.25, 0.3) is 11.2 Å². The predicted molar refractivity (Wildman–Crippen MR) is 121 cm³/mol. The lowest BCUT2D eigenvalue weighted by Gasteiger charge is -2.27. The summed E-state index contributed by atoms with van der Waals surface area (Å²) in [5.74, 6) is 0.419. The van der Waals surface area contributed by atoms with Gasteiger partial charge in [0.1, 0.15) is 0 Å². The zero-order chi connectivity index (χ0) is 20.9. The topological polar surface area (TPSA) is 90.9 Å². The Morgan fingerprint density at radius 1 is 1.17 bits per heavy atom. The first-order valence-electron chi connectivity index (χ1n) is 10.9. The van der Waals surface area contributed by atoms with Crippen LogP contribution in [-0.2, 0) is 13.0 Å². The standard InChI is InChI=1S/C22H31N7O/c1-3-17-14-18(7-6-16(17)2)25-22-26-20-19(21(30)27-22)29(15-24-20)11-5-4-10-28-12-8-23-9-13-28/h6-7,14-15,23H,3-5,8-13H2,1-2H3,(H2,25,26,27,30). The first kappa shape index (κ1) is 20.6. The van der Waals surface area contributed by atoms with Gasteiger partial charge >= 0.3 is 0 Å². The Labute approximate surface area is 176 Å². The molecule has 30 heavy (non-hydrogen) atoms. The molecule has 160 valence electrons. The summed E-state index contributed by atoms with van der Waals surface area (Å²) in [6.07, 6.45) is 4.81. The van der Waals surface area contributed by atoms with Crippen molar-refractivity contribution in [1.29, 1.82) is 0 Å². The van der Waals surface area contributed by atoms with Crippen LogP contribution in [0.5, 0.6) is 0 Å². The van der Waals surface area contributed by atoms with Crippen LogP contribution in [0.15, 0.2) is 29.3 Å². The number of hydrogen-bond donors (Lipinski definition) is 3. The van der Waals surface area contributed by atoms with Crippen molar-refractivity contribution in [2.75, 3.05) is 38.0 Å². The van der Waals surface area contributed by atoms with Crippen molar-refractivity contribution < 1.29 is 0 Å². The second-order valence-corrected chi connectivity index (χ2v) is 7.94. The van der Waals surface area contributed by atoms with Crippen molar-refractivity contribution >= 4 is 22.8 Å². The number of hydrogen-bond acceptors (Lipinski definition) is 6. The molecule has 3 N–H and O–H groups in total. The molecule has 0 amide bonds. The van der Waals surface area contributed by atoms with E-state index in [1.807, 2.05) is 10.6 Å². The maximum Gasteiger partial charge on any atom is 0.278 e. The molecule has 8 heteroatoms. The molecule has 0 saturated carbocycles. The molecular weight excluding hydrogens is 378 g/mol. The fourth-order valence-corrected chi connectivity index (χ4v) is 4.03. The Kier molecular flexibility index (Phi) is 6.44. The predicted octanol–water partition coefficient (Wildman–Crippen LogP) is 2.42. The molecule has 3 aromatic rings. The molecule has 0 atom stereocenters. The third-order valence-electron chi connectivity index (χ3n) is 5.81. The maximum absolute atomic E-state index is 12.7. The summed E-state index contributed by atoms with van der Waals surface area (Å²) in [4.78, 5) is 27.0. The number of fused-ring (bicyclic) bond motifs is 1. The molecular formula is C22H31N7O. The Bertz CT molecular complexity index is 1050. The van der Waals surface area contributed by atoms with Crippen LogP contribution in [0.2, 0.25) is 0 Å². The Hall–Kier alpha value is -2.71. The van der Waals surface area contributed by atoms with Gasteiger partial charge in [0.15, 0.2) is 11.2 Å². The molecule has 0 radical (unpaired) electrons. The van der Waals surface area contributed by atoms with E-state index in [1.165, 1.54) is 11.1 Å². The maximum atomic E-state index is 12.7. The minimum absolute atomic E-state index is 0.162. The third kappa shape index (κ3) is 4.71. The number of rotatable bonds is 8. The average Bonchev–Trinajstić information content (AvgIpc) is 3.17. The number of aromatic nitrogens is 4. The van der Waals surface area contributed by atoms with Crippen LogP contribution in [0.4, 0.5) is 11.6 Å². The molecule has 4 rings (SSSR count). The van der Waals surface area contributed by atoms with Crippen LogP contribution in [0.3, 0.4) is 0 Å². The highest BCUT2D eigenvalue weighted by Crippen LogP contribution is 2.19. The summed E-state index contributed by atoms with van der Waals surface area (Å²) < 4.78 is 1.92. The van der Waals surface area contributed by atoms with Crippen molar-refractivity contribution in [3.05, 3.63) is 46.0 Å². The van der Waals surface area contributed by atoms with Gasteiger partial charge in [0, 0.05) is 38.4 Å². The number of anilines is 2. The summed E-state index contributed by atoms with van der Waals surface area (Å²) in [6, 6.07) is 6.17. The van der Waals surface area contributed by atoms with Crippen LogP contribution < -0.4 is 16.2 Å². The van der Waals surface area contributed by atoms with Gasteiger partial charge in [-0.2, -0.15) is 4.98 Å². The number of aryl methyl sites for hydroxylation is 3. The first-order chi connectivity index (χ1) is 14.6. The second kappa shape index (κ2) is 9.40. The SMILES string of the molecule is CCc1cc(Nc2nc3ncn(CCCCN4CCNCC4)c3c(=O)[nH]2)ccc1C.